The van der Waals surface area contributed by atoms with Crippen molar-refractivity contribution < 1.29 is 19.1 Å². The number of halogens is 1. The van der Waals surface area contributed by atoms with E-state index in [0.29, 0.717) is 13.0 Å². The minimum absolute atomic E-state index is 0.0848. The highest BCUT2D eigenvalue weighted by Gasteiger charge is 2.25. The lowest BCUT2D eigenvalue weighted by Gasteiger charge is -2.23. The summed E-state index contributed by atoms with van der Waals surface area (Å²) in [6.45, 7) is 7.65. The summed E-state index contributed by atoms with van der Waals surface area (Å²) in [7, 11) is 0. The van der Waals surface area contributed by atoms with E-state index in [9.17, 15) is 19.1 Å². The van der Waals surface area contributed by atoms with Crippen LogP contribution in [0.15, 0.2) is 24.3 Å². The van der Waals surface area contributed by atoms with E-state index in [1.165, 1.54) is 18.2 Å². The number of aliphatic hydroxyl groups is 1. The van der Waals surface area contributed by atoms with Crippen LogP contribution in [0, 0.1) is 17.7 Å². The van der Waals surface area contributed by atoms with Gasteiger partial charge < -0.3 is 15.7 Å². The summed E-state index contributed by atoms with van der Waals surface area (Å²) in [5, 5.41) is 14.7. The van der Waals surface area contributed by atoms with Gasteiger partial charge in [-0.1, -0.05) is 32.9 Å². The van der Waals surface area contributed by atoms with Gasteiger partial charge in [-0.2, -0.15) is 0 Å². The summed E-state index contributed by atoms with van der Waals surface area (Å²) < 4.78 is 13.7. The van der Waals surface area contributed by atoms with Crippen molar-refractivity contribution in [3.8, 4) is 0 Å². The summed E-state index contributed by atoms with van der Waals surface area (Å²) in [6, 6.07) is 4.90. The second kappa shape index (κ2) is 9.37. The predicted octanol–water partition coefficient (Wildman–Crippen LogP) is 2.10. The fourth-order valence-corrected chi connectivity index (χ4v) is 2.45. The largest absolute Gasteiger partial charge is 0.393 e. The minimum Gasteiger partial charge on any atom is -0.393 e. The Labute approximate surface area is 142 Å². The number of hydrogen-bond donors (Lipinski definition) is 3. The molecule has 0 saturated carbocycles. The highest BCUT2D eigenvalue weighted by Crippen LogP contribution is 2.10. The summed E-state index contributed by atoms with van der Waals surface area (Å²) >= 11 is 0. The third-order valence-corrected chi connectivity index (χ3v) is 3.72. The van der Waals surface area contributed by atoms with Gasteiger partial charge in [0.15, 0.2) is 0 Å². The van der Waals surface area contributed by atoms with Crippen molar-refractivity contribution in [2.24, 2.45) is 11.8 Å². The standard InChI is InChI=1S/C18H27FN2O3/c1-11(2)16(18(24)20-10-12(3)9-13(4)22)21-17(23)14-7-5-6-8-15(14)19/h5-8,11-13,16,22H,9-10H2,1-4H3,(H,20,24)(H,21,23). The number of carbonyl (C=O) groups is 2. The van der Waals surface area contributed by atoms with E-state index in [1.54, 1.807) is 13.0 Å². The molecule has 5 nitrogen and oxygen atoms in total. The minimum atomic E-state index is -0.754. The zero-order valence-electron chi connectivity index (χ0n) is 14.7. The molecule has 6 heteroatoms. The van der Waals surface area contributed by atoms with Crippen molar-refractivity contribution >= 4 is 11.8 Å². The van der Waals surface area contributed by atoms with Gasteiger partial charge in [-0.3, -0.25) is 9.59 Å². The number of rotatable bonds is 8. The molecular weight excluding hydrogens is 311 g/mol. The van der Waals surface area contributed by atoms with Crippen molar-refractivity contribution in [2.75, 3.05) is 6.54 Å². The number of carbonyl (C=O) groups excluding carboxylic acids is 2. The molecule has 0 aliphatic rings. The number of benzene rings is 1. The van der Waals surface area contributed by atoms with Crippen LogP contribution in [0.3, 0.4) is 0 Å². The first-order valence-corrected chi connectivity index (χ1v) is 8.23. The van der Waals surface area contributed by atoms with Crippen LogP contribution in [0.5, 0.6) is 0 Å². The molecule has 1 aromatic rings. The molecule has 0 fully saturated rings. The molecule has 0 aliphatic heterocycles. The van der Waals surface area contributed by atoms with Crippen LogP contribution in [0.25, 0.3) is 0 Å². The molecule has 1 rings (SSSR count). The third-order valence-electron chi connectivity index (χ3n) is 3.72. The summed E-state index contributed by atoms with van der Waals surface area (Å²) in [4.78, 5) is 24.5. The Morgan fingerprint density at radius 2 is 1.79 bits per heavy atom. The van der Waals surface area contributed by atoms with E-state index in [2.05, 4.69) is 10.6 Å². The van der Waals surface area contributed by atoms with Crippen LogP contribution < -0.4 is 10.6 Å². The number of hydrogen-bond acceptors (Lipinski definition) is 3. The van der Waals surface area contributed by atoms with Gasteiger partial charge in [0, 0.05) is 6.54 Å². The first-order valence-electron chi connectivity index (χ1n) is 8.23. The molecule has 0 saturated heterocycles. The molecule has 0 heterocycles. The first-order chi connectivity index (χ1) is 11.2. The first kappa shape index (κ1) is 20.1. The molecule has 24 heavy (non-hydrogen) atoms. The molecule has 0 aromatic heterocycles. The Balaban J connectivity index is 2.68. The Kier molecular flexibility index (Phi) is 7.85. The van der Waals surface area contributed by atoms with Crippen LogP contribution in [-0.4, -0.2) is 35.6 Å². The van der Waals surface area contributed by atoms with Crippen LogP contribution in [0.4, 0.5) is 4.39 Å². The SMILES string of the molecule is CC(O)CC(C)CNC(=O)C(NC(=O)c1ccccc1F)C(C)C. The molecule has 3 unspecified atom stereocenters. The maximum atomic E-state index is 13.7. The van der Waals surface area contributed by atoms with Crippen molar-refractivity contribution in [3.05, 3.63) is 35.6 Å². The van der Waals surface area contributed by atoms with Crippen LogP contribution >= 0.6 is 0 Å². The van der Waals surface area contributed by atoms with E-state index < -0.39 is 23.9 Å². The third kappa shape index (κ3) is 6.28. The van der Waals surface area contributed by atoms with Gasteiger partial charge in [-0.15, -0.1) is 0 Å². The van der Waals surface area contributed by atoms with Crippen LogP contribution in [-0.2, 0) is 4.79 Å². The molecule has 3 atom stereocenters. The molecular formula is C18H27FN2O3. The summed E-state index contributed by atoms with van der Waals surface area (Å²) in [5.74, 6) is -1.58. The van der Waals surface area contributed by atoms with Crippen LogP contribution in [0.2, 0.25) is 0 Å². The molecule has 134 valence electrons. The van der Waals surface area contributed by atoms with E-state index in [0.717, 1.165) is 0 Å². The molecule has 0 aliphatic carbocycles. The molecule has 0 spiro atoms. The average molecular weight is 338 g/mol. The summed E-state index contributed by atoms with van der Waals surface area (Å²) in [5.41, 5.74) is -0.0848. The number of nitrogens with one attached hydrogen (secondary N) is 2. The Morgan fingerprint density at radius 3 is 2.33 bits per heavy atom. The fourth-order valence-electron chi connectivity index (χ4n) is 2.45. The number of amides is 2. The maximum Gasteiger partial charge on any atom is 0.254 e. The van der Waals surface area contributed by atoms with Crippen LogP contribution in [0.1, 0.15) is 44.5 Å². The van der Waals surface area contributed by atoms with E-state index in [-0.39, 0.29) is 23.3 Å². The van der Waals surface area contributed by atoms with Crippen molar-refractivity contribution in [2.45, 2.75) is 46.3 Å². The normalized spacial score (nSPS) is 14.8. The molecule has 0 radical (unpaired) electrons. The predicted molar refractivity (Wildman–Crippen MR) is 91.0 cm³/mol. The lowest BCUT2D eigenvalue weighted by Crippen LogP contribution is -2.50. The monoisotopic (exact) mass is 338 g/mol. The topological polar surface area (TPSA) is 78.4 Å². The molecule has 0 bridgehead atoms. The fraction of sp³-hybridized carbons (Fsp3) is 0.556. The van der Waals surface area contributed by atoms with Gasteiger partial charge >= 0.3 is 0 Å². The van der Waals surface area contributed by atoms with E-state index in [4.69, 9.17) is 0 Å². The van der Waals surface area contributed by atoms with Gasteiger partial charge in [0.05, 0.1) is 11.7 Å². The van der Waals surface area contributed by atoms with Gasteiger partial charge in [-0.05, 0) is 37.3 Å². The number of aliphatic hydroxyl groups excluding tert-OH is 1. The zero-order valence-corrected chi connectivity index (χ0v) is 14.7. The Morgan fingerprint density at radius 1 is 1.17 bits per heavy atom. The van der Waals surface area contributed by atoms with Gasteiger partial charge in [0.2, 0.25) is 5.91 Å². The van der Waals surface area contributed by atoms with Crippen molar-refractivity contribution in [1.29, 1.82) is 0 Å². The lowest BCUT2D eigenvalue weighted by atomic mass is 10.0. The highest BCUT2D eigenvalue weighted by atomic mass is 19.1. The molecule has 1 aromatic carbocycles. The van der Waals surface area contributed by atoms with Crippen molar-refractivity contribution in [3.63, 3.8) is 0 Å². The molecule has 2 amide bonds. The van der Waals surface area contributed by atoms with Gasteiger partial charge in [0.25, 0.3) is 5.91 Å². The summed E-state index contributed by atoms with van der Waals surface area (Å²) in [6.07, 6.45) is 0.146. The van der Waals surface area contributed by atoms with E-state index in [1.807, 2.05) is 20.8 Å². The molecule has 3 N–H and O–H groups in total. The zero-order chi connectivity index (χ0) is 18.3. The van der Waals surface area contributed by atoms with E-state index >= 15 is 0 Å². The average Bonchev–Trinajstić information content (AvgIpc) is 2.49. The Bertz CT molecular complexity index is 561. The Hall–Kier alpha value is -1.95. The van der Waals surface area contributed by atoms with Gasteiger partial charge in [0.1, 0.15) is 11.9 Å². The smallest absolute Gasteiger partial charge is 0.254 e. The van der Waals surface area contributed by atoms with Crippen molar-refractivity contribution in [1.82, 2.24) is 10.6 Å². The maximum absolute atomic E-state index is 13.7. The lowest BCUT2D eigenvalue weighted by molar-refractivity contribution is -0.124. The second-order valence-corrected chi connectivity index (χ2v) is 6.61. The van der Waals surface area contributed by atoms with Gasteiger partial charge in [-0.25, -0.2) is 4.39 Å². The quantitative estimate of drug-likeness (QED) is 0.679. The highest BCUT2D eigenvalue weighted by molar-refractivity contribution is 5.97. The second-order valence-electron chi connectivity index (χ2n) is 6.61.